The molecule has 0 bridgehead atoms. The van der Waals surface area contributed by atoms with Gasteiger partial charge in [0.25, 0.3) is 0 Å². The van der Waals surface area contributed by atoms with E-state index in [1.54, 1.807) is 0 Å². The van der Waals surface area contributed by atoms with E-state index < -0.39 is 0 Å². The Morgan fingerprint density at radius 1 is 0.952 bits per heavy atom. The highest BCUT2D eigenvalue weighted by atomic mass is 35.5. The van der Waals surface area contributed by atoms with Gasteiger partial charge in [-0.3, -0.25) is 0 Å². The first-order chi connectivity index (χ1) is 10.0. The van der Waals surface area contributed by atoms with Gasteiger partial charge in [-0.05, 0) is 74.9 Å². The summed E-state index contributed by atoms with van der Waals surface area (Å²) in [4.78, 5) is 2.22. The van der Waals surface area contributed by atoms with Crippen LogP contribution in [-0.4, -0.2) is 25.5 Å². The van der Waals surface area contributed by atoms with Crippen LogP contribution < -0.4 is 4.74 Å². The predicted octanol–water partition coefficient (Wildman–Crippen LogP) is 5.19. The minimum Gasteiger partial charge on any atom is -0.457 e. The lowest BCUT2D eigenvalue weighted by atomic mass is 9.97. The van der Waals surface area contributed by atoms with Crippen molar-refractivity contribution in [3.05, 3.63) is 59.1 Å². The van der Waals surface area contributed by atoms with Crippen LogP contribution in [0.15, 0.2) is 48.5 Å². The third-order valence-electron chi connectivity index (χ3n) is 3.51. The molecule has 0 aliphatic carbocycles. The van der Waals surface area contributed by atoms with Crippen molar-refractivity contribution in [3.8, 4) is 11.5 Å². The van der Waals surface area contributed by atoms with Gasteiger partial charge >= 0.3 is 0 Å². The van der Waals surface area contributed by atoms with Crippen LogP contribution in [0.4, 0.5) is 0 Å². The molecule has 0 saturated carbocycles. The first-order valence-electron chi connectivity index (χ1n) is 7.22. The molecule has 2 aromatic rings. The number of rotatable bonds is 6. The number of hydrogen-bond donors (Lipinski definition) is 0. The SMILES string of the molecule is CC(CCN(C)C)c1ccc(Oc2ccc(Cl)cc2)cc1. The van der Waals surface area contributed by atoms with Gasteiger partial charge in [0.15, 0.2) is 0 Å². The average molecular weight is 304 g/mol. The molecule has 0 saturated heterocycles. The molecule has 0 amide bonds. The van der Waals surface area contributed by atoms with Crippen molar-refractivity contribution in [2.45, 2.75) is 19.3 Å². The number of hydrogen-bond acceptors (Lipinski definition) is 2. The molecule has 2 nitrogen and oxygen atoms in total. The second-order valence-corrected chi connectivity index (χ2v) is 6.05. The highest BCUT2D eigenvalue weighted by Crippen LogP contribution is 2.26. The maximum absolute atomic E-state index is 5.86. The highest BCUT2D eigenvalue weighted by Gasteiger charge is 2.06. The van der Waals surface area contributed by atoms with Gasteiger partial charge in [0, 0.05) is 5.02 Å². The number of ether oxygens (including phenoxy) is 1. The summed E-state index contributed by atoms with van der Waals surface area (Å²) in [7, 11) is 4.21. The quantitative estimate of drug-likeness (QED) is 0.728. The van der Waals surface area contributed by atoms with Crippen LogP contribution in [0.3, 0.4) is 0 Å². The minimum absolute atomic E-state index is 0.553. The summed E-state index contributed by atoms with van der Waals surface area (Å²) in [6.45, 7) is 3.36. The van der Waals surface area contributed by atoms with E-state index >= 15 is 0 Å². The Bertz CT molecular complexity index is 548. The van der Waals surface area contributed by atoms with Gasteiger partial charge < -0.3 is 9.64 Å². The lowest BCUT2D eigenvalue weighted by Crippen LogP contribution is -2.14. The maximum Gasteiger partial charge on any atom is 0.127 e. The third kappa shape index (κ3) is 5.07. The van der Waals surface area contributed by atoms with Crippen LogP contribution in [0.2, 0.25) is 5.02 Å². The number of benzene rings is 2. The van der Waals surface area contributed by atoms with Crippen molar-refractivity contribution in [1.29, 1.82) is 0 Å². The summed E-state index contributed by atoms with van der Waals surface area (Å²) in [6, 6.07) is 15.7. The molecule has 1 unspecified atom stereocenters. The summed E-state index contributed by atoms with van der Waals surface area (Å²) >= 11 is 5.86. The summed E-state index contributed by atoms with van der Waals surface area (Å²) in [5.41, 5.74) is 1.35. The molecule has 0 aliphatic rings. The van der Waals surface area contributed by atoms with Gasteiger partial charge in [0.2, 0.25) is 0 Å². The second kappa shape index (κ2) is 7.48. The van der Waals surface area contributed by atoms with E-state index in [0.717, 1.165) is 24.5 Å². The zero-order valence-corrected chi connectivity index (χ0v) is 13.6. The molecule has 21 heavy (non-hydrogen) atoms. The van der Waals surface area contributed by atoms with Gasteiger partial charge in [-0.25, -0.2) is 0 Å². The normalized spacial score (nSPS) is 12.4. The molecule has 1 atom stereocenters. The Hall–Kier alpha value is -1.51. The smallest absolute Gasteiger partial charge is 0.127 e. The van der Waals surface area contributed by atoms with E-state index in [4.69, 9.17) is 16.3 Å². The van der Waals surface area contributed by atoms with Gasteiger partial charge in [-0.1, -0.05) is 30.7 Å². The van der Waals surface area contributed by atoms with E-state index in [2.05, 4.69) is 38.1 Å². The Balaban J connectivity index is 1.96. The molecule has 0 spiro atoms. The van der Waals surface area contributed by atoms with Crippen molar-refractivity contribution in [2.75, 3.05) is 20.6 Å². The molecule has 0 aromatic heterocycles. The minimum atomic E-state index is 0.553. The molecule has 0 aliphatic heterocycles. The monoisotopic (exact) mass is 303 g/mol. The molecule has 0 N–H and O–H groups in total. The summed E-state index contributed by atoms with van der Waals surface area (Å²) < 4.78 is 5.80. The lowest BCUT2D eigenvalue weighted by molar-refractivity contribution is 0.386. The van der Waals surface area contributed by atoms with Crippen molar-refractivity contribution in [3.63, 3.8) is 0 Å². The highest BCUT2D eigenvalue weighted by molar-refractivity contribution is 6.30. The average Bonchev–Trinajstić information content (AvgIpc) is 2.48. The maximum atomic E-state index is 5.86. The van der Waals surface area contributed by atoms with Crippen molar-refractivity contribution < 1.29 is 4.74 Å². The van der Waals surface area contributed by atoms with Crippen molar-refractivity contribution in [1.82, 2.24) is 4.90 Å². The topological polar surface area (TPSA) is 12.5 Å². The van der Waals surface area contributed by atoms with Crippen LogP contribution in [0.1, 0.15) is 24.8 Å². The predicted molar refractivity (Wildman–Crippen MR) is 89.6 cm³/mol. The molecule has 0 fully saturated rings. The van der Waals surface area contributed by atoms with Gasteiger partial charge in [0.05, 0.1) is 0 Å². The van der Waals surface area contributed by atoms with E-state index in [-0.39, 0.29) is 0 Å². The Morgan fingerprint density at radius 3 is 2.00 bits per heavy atom. The fraction of sp³-hybridized carbons (Fsp3) is 0.333. The first-order valence-corrected chi connectivity index (χ1v) is 7.60. The van der Waals surface area contributed by atoms with E-state index in [0.29, 0.717) is 10.9 Å². The zero-order valence-electron chi connectivity index (χ0n) is 12.8. The number of nitrogens with zero attached hydrogens (tertiary/aromatic N) is 1. The Labute approximate surface area is 132 Å². The van der Waals surface area contributed by atoms with E-state index in [1.165, 1.54) is 5.56 Å². The second-order valence-electron chi connectivity index (χ2n) is 5.62. The van der Waals surface area contributed by atoms with E-state index in [1.807, 2.05) is 36.4 Å². The van der Waals surface area contributed by atoms with Crippen molar-refractivity contribution >= 4 is 11.6 Å². The first kappa shape index (κ1) is 15.9. The van der Waals surface area contributed by atoms with Gasteiger partial charge in [-0.2, -0.15) is 0 Å². The Morgan fingerprint density at radius 2 is 1.48 bits per heavy atom. The van der Waals surface area contributed by atoms with E-state index in [9.17, 15) is 0 Å². The summed E-state index contributed by atoms with van der Waals surface area (Å²) in [6.07, 6.45) is 1.16. The summed E-state index contributed by atoms with van der Waals surface area (Å²) in [5.74, 6) is 2.20. The van der Waals surface area contributed by atoms with Crippen LogP contribution in [0.5, 0.6) is 11.5 Å². The lowest BCUT2D eigenvalue weighted by Gasteiger charge is -2.16. The molecular weight excluding hydrogens is 282 g/mol. The molecule has 0 heterocycles. The fourth-order valence-electron chi connectivity index (χ4n) is 2.12. The largest absolute Gasteiger partial charge is 0.457 e. The Kier molecular flexibility index (Phi) is 5.66. The molecular formula is C18H22ClNO. The summed E-state index contributed by atoms with van der Waals surface area (Å²) in [5, 5.41) is 0.715. The zero-order chi connectivity index (χ0) is 15.2. The molecule has 112 valence electrons. The molecule has 0 radical (unpaired) electrons. The third-order valence-corrected chi connectivity index (χ3v) is 3.76. The van der Waals surface area contributed by atoms with Gasteiger partial charge in [0.1, 0.15) is 11.5 Å². The fourth-order valence-corrected chi connectivity index (χ4v) is 2.25. The number of halogens is 1. The molecule has 3 heteroatoms. The van der Waals surface area contributed by atoms with Crippen LogP contribution in [0.25, 0.3) is 0 Å². The van der Waals surface area contributed by atoms with Crippen LogP contribution in [0, 0.1) is 0 Å². The molecule has 2 rings (SSSR count). The standard InChI is InChI=1S/C18H22ClNO/c1-14(12-13-20(2)3)15-4-8-17(9-5-15)21-18-10-6-16(19)7-11-18/h4-11,14H,12-13H2,1-3H3. The van der Waals surface area contributed by atoms with Gasteiger partial charge in [-0.15, -0.1) is 0 Å². The molecule has 2 aromatic carbocycles. The van der Waals surface area contributed by atoms with Crippen molar-refractivity contribution in [2.24, 2.45) is 0 Å². The van der Waals surface area contributed by atoms with Crippen LogP contribution in [-0.2, 0) is 0 Å². The van der Waals surface area contributed by atoms with Crippen LogP contribution >= 0.6 is 11.6 Å².